The molecule has 1 aromatic heterocycles. The third-order valence-corrected chi connectivity index (χ3v) is 5.94. The Kier molecular flexibility index (Phi) is 4.94. The van der Waals surface area contributed by atoms with Gasteiger partial charge in [0.25, 0.3) is 0 Å². The molecule has 21 heavy (non-hydrogen) atoms. The Morgan fingerprint density at radius 2 is 2.00 bits per heavy atom. The van der Waals surface area contributed by atoms with E-state index in [2.05, 4.69) is 41.4 Å². The molecule has 1 aromatic carbocycles. The Hall–Kier alpha value is -0.900. The summed E-state index contributed by atoms with van der Waals surface area (Å²) in [5.41, 5.74) is 1.55. The van der Waals surface area contributed by atoms with E-state index in [1.807, 2.05) is 18.4 Å². The molecule has 0 atom stereocenters. The third-order valence-electron chi connectivity index (χ3n) is 4.73. The Morgan fingerprint density at radius 1 is 1.24 bits per heavy atom. The lowest BCUT2D eigenvalue weighted by Gasteiger charge is -2.27. The van der Waals surface area contributed by atoms with E-state index in [-0.39, 0.29) is 0 Å². The smallest absolute Gasteiger partial charge is 0.0349 e. The molecule has 1 aliphatic rings. The molecule has 3 rings (SSSR count). The van der Waals surface area contributed by atoms with Crippen LogP contribution < -0.4 is 5.32 Å². The quantitative estimate of drug-likeness (QED) is 0.851. The molecule has 0 aliphatic heterocycles. The second kappa shape index (κ2) is 6.91. The Bertz CT molecular complexity index is 584. The van der Waals surface area contributed by atoms with Crippen LogP contribution in [-0.2, 0) is 13.1 Å². The van der Waals surface area contributed by atoms with E-state index in [4.69, 9.17) is 0 Å². The lowest BCUT2D eigenvalue weighted by atomic mass is 10.1. The van der Waals surface area contributed by atoms with Crippen molar-refractivity contribution in [2.24, 2.45) is 0 Å². The lowest BCUT2D eigenvalue weighted by molar-refractivity contribution is 0.200. The number of benzene rings is 1. The molecule has 1 heterocycles. The second-order valence-electron chi connectivity index (χ2n) is 6.03. The van der Waals surface area contributed by atoms with E-state index < -0.39 is 0 Å². The van der Waals surface area contributed by atoms with Gasteiger partial charge in [-0.3, -0.25) is 4.90 Å². The largest absolute Gasteiger partial charge is 0.315 e. The zero-order valence-electron chi connectivity index (χ0n) is 13.2. The Morgan fingerprint density at radius 3 is 2.71 bits per heavy atom. The lowest BCUT2D eigenvalue weighted by Crippen LogP contribution is -2.32. The molecule has 0 bridgehead atoms. The number of nitrogens with one attached hydrogen (secondary N) is 1. The summed E-state index contributed by atoms with van der Waals surface area (Å²) in [6.45, 7) is 5.57. The minimum Gasteiger partial charge on any atom is -0.315 e. The van der Waals surface area contributed by atoms with Crippen molar-refractivity contribution in [3.63, 3.8) is 0 Å². The number of nitrogens with zero attached hydrogens (tertiary/aromatic N) is 1. The summed E-state index contributed by atoms with van der Waals surface area (Å²) in [5, 5.41) is 4.80. The molecule has 2 nitrogen and oxygen atoms in total. The molecule has 0 saturated heterocycles. The average molecular weight is 302 g/mol. The van der Waals surface area contributed by atoms with Gasteiger partial charge in [-0.25, -0.2) is 0 Å². The van der Waals surface area contributed by atoms with Gasteiger partial charge in [-0.05, 0) is 43.5 Å². The maximum absolute atomic E-state index is 3.34. The van der Waals surface area contributed by atoms with Crippen LogP contribution in [0.25, 0.3) is 10.1 Å². The predicted molar refractivity (Wildman–Crippen MR) is 92.9 cm³/mol. The minimum atomic E-state index is 0.802. The number of hydrogen-bond donors (Lipinski definition) is 1. The van der Waals surface area contributed by atoms with Gasteiger partial charge in [-0.15, -0.1) is 11.3 Å². The minimum absolute atomic E-state index is 0.802. The monoisotopic (exact) mass is 302 g/mol. The van der Waals surface area contributed by atoms with Crippen molar-refractivity contribution in [2.45, 2.75) is 51.7 Å². The summed E-state index contributed by atoms with van der Waals surface area (Å²) in [5.74, 6) is 0. The van der Waals surface area contributed by atoms with Crippen molar-refractivity contribution in [1.82, 2.24) is 10.2 Å². The van der Waals surface area contributed by atoms with Crippen LogP contribution in [0.5, 0.6) is 0 Å². The molecule has 1 fully saturated rings. The second-order valence-corrected chi connectivity index (χ2v) is 7.17. The summed E-state index contributed by atoms with van der Waals surface area (Å²) < 4.78 is 1.43. The molecule has 1 aliphatic carbocycles. The summed E-state index contributed by atoms with van der Waals surface area (Å²) in [6.07, 6.45) is 5.60. The van der Waals surface area contributed by atoms with Crippen molar-refractivity contribution in [1.29, 1.82) is 0 Å². The van der Waals surface area contributed by atoms with Gasteiger partial charge in [0.05, 0.1) is 0 Å². The normalized spacial score (nSPS) is 16.3. The van der Waals surface area contributed by atoms with Crippen molar-refractivity contribution in [3.05, 3.63) is 34.7 Å². The molecule has 114 valence electrons. The van der Waals surface area contributed by atoms with Crippen LogP contribution in [0.4, 0.5) is 0 Å². The molecule has 0 amide bonds. The van der Waals surface area contributed by atoms with E-state index in [0.29, 0.717) is 0 Å². The molecule has 0 spiro atoms. The first-order chi connectivity index (χ1) is 10.3. The van der Waals surface area contributed by atoms with Gasteiger partial charge in [0.15, 0.2) is 0 Å². The van der Waals surface area contributed by atoms with E-state index in [9.17, 15) is 0 Å². The summed E-state index contributed by atoms with van der Waals surface area (Å²) in [7, 11) is 2.04. The topological polar surface area (TPSA) is 15.3 Å². The van der Waals surface area contributed by atoms with Crippen molar-refractivity contribution in [3.8, 4) is 0 Å². The van der Waals surface area contributed by atoms with Crippen molar-refractivity contribution in [2.75, 3.05) is 13.6 Å². The molecule has 0 radical (unpaired) electrons. The highest BCUT2D eigenvalue weighted by atomic mass is 32.1. The van der Waals surface area contributed by atoms with E-state index >= 15 is 0 Å². The van der Waals surface area contributed by atoms with Gasteiger partial charge >= 0.3 is 0 Å². The molecule has 1 saturated carbocycles. The van der Waals surface area contributed by atoms with Crippen LogP contribution in [0.3, 0.4) is 0 Å². The first-order valence-electron chi connectivity index (χ1n) is 8.21. The van der Waals surface area contributed by atoms with Crippen LogP contribution in [0.2, 0.25) is 0 Å². The first-order valence-corrected chi connectivity index (χ1v) is 9.03. The summed E-state index contributed by atoms with van der Waals surface area (Å²) in [6, 6.07) is 9.68. The van der Waals surface area contributed by atoms with Crippen molar-refractivity contribution >= 4 is 21.4 Å². The molecule has 1 N–H and O–H groups in total. The van der Waals surface area contributed by atoms with Crippen molar-refractivity contribution < 1.29 is 0 Å². The van der Waals surface area contributed by atoms with E-state index in [1.165, 1.54) is 40.6 Å². The predicted octanol–water partition coefficient (Wildman–Crippen LogP) is 4.39. The zero-order chi connectivity index (χ0) is 14.7. The maximum atomic E-state index is 3.34. The highest BCUT2D eigenvalue weighted by molar-refractivity contribution is 7.19. The number of rotatable bonds is 6. The molecule has 3 heteroatoms. The molecular weight excluding hydrogens is 276 g/mol. The summed E-state index contributed by atoms with van der Waals surface area (Å²) in [4.78, 5) is 4.20. The van der Waals surface area contributed by atoms with Gasteiger partial charge in [-0.2, -0.15) is 0 Å². The molecular formula is C18H26N2S. The highest BCUT2D eigenvalue weighted by Crippen LogP contribution is 2.34. The number of fused-ring (bicyclic) bond motifs is 1. The number of thiophene rings is 1. The number of hydrogen-bond acceptors (Lipinski definition) is 3. The van der Waals surface area contributed by atoms with Gasteiger partial charge < -0.3 is 5.32 Å². The van der Waals surface area contributed by atoms with Crippen LogP contribution in [0, 0.1) is 0 Å². The molecule has 0 unspecified atom stereocenters. The fourth-order valence-corrected chi connectivity index (χ4v) is 4.83. The van der Waals surface area contributed by atoms with Gasteiger partial charge in [-0.1, -0.05) is 38.0 Å². The van der Waals surface area contributed by atoms with Crippen LogP contribution in [0.1, 0.15) is 43.0 Å². The van der Waals surface area contributed by atoms with Gasteiger partial charge in [0.2, 0.25) is 0 Å². The molecule has 2 aromatic rings. The SMILES string of the molecule is CCN(Cc1c(CNC)sc2ccccc12)C1CCCC1. The first kappa shape index (κ1) is 15.0. The Labute approximate surface area is 132 Å². The van der Waals surface area contributed by atoms with Crippen LogP contribution in [0.15, 0.2) is 24.3 Å². The van der Waals surface area contributed by atoms with E-state index in [1.54, 1.807) is 5.56 Å². The zero-order valence-corrected chi connectivity index (χ0v) is 14.0. The van der Waals surface area contributed by atoms with Crippen LogP contribution in [-0.4, -0.2) is 24.5 Å². The van der Waals surface area contributed by atoms with Gasteiger partial charge in [0, 0.05) is 28.7 Å². The highest BCUT2D eigenvalue weighted by Gasteiger charge is 2.23. The summed E-state index contributed by atoms with van der Waals surface area (Å²) >= 11 is 1.95. The third kappa shape index (κ3) is 3.15. The Balaban J connectivity index is 1.91. The van der Waals surface area contributed by atoms with Crippen LogP contribution >= 0.6 is 11.3 Å². The van der Waals surface area contributed by atoms with E-state index in [0.717, 1.165) is 25.7 Å². The maximum Gasteiger partial charge on any atom is 0.0349 e. The fourth-order valence-electron chi connectivity index (χ4n) is 3.60. The standard InChI is InChI=1S/C18H26N2S/c1-3-20(14-8-4-5-9-14)13-16-15-10-6-7-11-17(15)21-18(16)12-19-2/h6-7,10-11,14,19H,3-5,8-9,12-13H2,1-2H3. The average Bonchev–Trinajstić information content (AvgIpc) is 3.13. The fraction of sp³-hybridized carbons (Fsp3) is 0.556. The van der Waals surface area contributed by atoms with Gasteiger partial charge in [0.1, 0.15) is 0 Å².